The molecule has 2 amide bonds. The van der Waals surface area contributed by atoms with Gasteiger partial charge in [-0.15, -0.1) is 11.3 Å². The summed E-state index contributed by atoms with van der Waals surface area (Å²) in [6.45, 7) is 0.554. The minimum Gasteiger partial charge on any atom is -0.391 e. The van der Waals surface area contributed by atoms with Crippen LogP contribution in [-0.4, -0.2) is 40.5 Å². The van der Waals surface area contributed by atoms with Crippen molar-refractivity contribution in [3.05, 3.63) is 57.2 Å². The van der Waals surface area contributed by atoms with E-state index >= 15 is 0 Å². The van der Waals surface area contributed by atoms with E-state index in [4.69, 9.17) is 11.6 Å². The highest BCUT2D eigenvalue weighted by atomic mass is 35.5. The summed E-state index contributed by atoms with van der Waals surface area (Å²) in [6.07, 6.45) is -0.146. The van der Waals surface area contributed by atoms with Crippen molar-refractivity contribution >= 4 is 34.8 Å². The van der Waals surface area contributed by atoms with Crippen LogP contribution < -0.4 is 5.32 Å². The molecule has 7 heteroatoms. The SMILES string of the molecule is O=C(NCc1ccc(Cl)cc1)C1CC(O)CN1C(=O)Cc1cccs1. The van der Waals surface area contributed by atoms with Crippen molar-refractivity contribution in [3.63, 3.8) is 0 Å². The van der Waals surface area contributed by atoms with E-state index in [2.05, 4.69) is 5.32 Å². The molecule has 2 unspecified atom stereocenters. The summed E-state index contributed by atoms with van der Waals surface area (Å²) in [5.41, 5.74) is 0.924. The zero-order chi connectivity index (χ0) is 17.8. The van der Waals surface area contributed by atoms with E-state index in [1.54, 1.807) is 12.1 Å². The predicted molar refractivity (Wildman–Crippen MR) is 97.4 cm³/mol. The molecule has 5 nitrogen and oxygen atoms in total. The Morgan fingerprint density at radius 1 is 1.28 bits per heavy atom. The zero-order valence-corrected chi connectivity index (χ0v) is 15.1. The molecule has 1 aromatic heterocycles. The minimum atomic E-state index is -0.668. The molecular formula is C18H19ClN2O3S. The maximum Gasteiger partial charge on any atom is 0.243 e. The van der Waals surface area contributed by atoms with Crippen molar-refractivity contribution in [2.75, 3.05) is 6.54 Å². The van der Waals surface area contributed by atoms with Crippen molar-refractivity contribution < 1.29 is 14.7 Å². The van der Waals surface area contributed by atoms with Crippen LogP contribution in [0.3, 0.4) is 0 Å². The van der Waals surface area contributed by atoms with E-state index in [1.165, 1.54) is 16.2 Å². The van der Waals surface area contributed by atoms with Crippen molar-refractivity contribution in [3.8, 4) is 0 Å². The fourth-order valence-electron chi connectivity index (χ4n) is 2.91. The van der Waals surface area contributed by atoms with Crippen LogP contribution in [0.5, 0.6) is 0 Å². The number of rotatable bonds is 5. The van der Waals surface area contributed by atoms with Crippen LogP contribution in [0.15, 0.2) is 41.8 Å². The lowest BCUT2D eigenvalue weighted by molar-refractivity contribution is -0.138. The Morgan fingerprint density at radius 3 is 2.72 bits per heavy atom. The van der Waals surface area contributed by atoms with Gasteiger partial charge in [0.15, 0.2) is 0 Å². The van der Waals surface area contributed by atoms with Crippen LogP contribution in [0, 0.1) is 0 Å². The van der Waals surface area contributed by atoms with Gasteiger partial charge in [0.25, 0.3) is 0 Å². The third-order valence-corrected chi connectivity index (χ3v) is 5.32. The highest BCUT2D eigenvalue weighted by molar-refractivity contribution is 7.10. The number of nitrogens with one attached hydrogen (secondary N) is 1. The minimum absolute atomic E-state index is 0.134. The predicted octanol–water partition coefficient (Wildman–Crippen LogP) is 2.22. The lowest BCUT2D eigenvalue weighted by Gasteiger charge is -2.23. The lowest BCUT2D eigenvalue weighted by atomic mass is 10.1. The molecule has 2 heterocycles. The van der Waals surface area contributed by atoms with Gasteiger partial charge in [-0.25, -0.2) is 0 Å². The molecule has 1 aliphatic heterocycles. The number of hydrogen-bond donors (Lipinski definition) is 2. The van der Waals surface area contributed by atoms with Gasteiger partial charge in [-0.1, -0.05) is 29.8 Å². The largest absolute Gasteiger partial charge is 0.391 e. The van der Waals surface area contributed by atoms with E-state index < -0.39 is 12.1 Å². The first-order chi connectivity index (χ1) is 12.0. The average molecular weight is 379 g/mol. The van der Waals surface area contributed by atoms with Crippen molar-refractivity contribution in [2.24, 2.45) is 0 Å². The summed E-state index contributed by atoms with van der Waals surface area (Å²) >= 11 is 7.36. The Morgan fingerprint density at radius 2 is 2.04 bits per heavy atom. The number of β-amino-alcohol motifs (C(OH)–C–C–N with tert-alkyl or cyclic N) is 1. The summed E-state index contributed by atoms with van der Waals surface area (Å²) < 4.78 is 0. The van der Waals surface area contributed by atoms with Crippen LogP contribution in [0.25, 0.3) is 0 Å². The number of benzene rings is 1. The van der Waals surface area contributed by atoms with E-state index in [1.807, 2.05) is 29.6 Å². The first-order valence-corrected chi connectivity index (χ1v) is 9.31. The van der Waals surface area contributed by atoms with E-state index in [-0.39, 0.29) is 31.2 Å². The molecular weight excluding hydrogens is 360 g/mol. The number of thiophene rings is 1. The maximum absolute atomic E-state index is 12.5. The van der Waals surface area contributed by atoms with Crippen LogP contribution in [0.4, 0.5) is 0 Å². The number of nitrogens with zero attached hydrogens (tertiary/aromatic N) is 1. The summed E-state index contributed by atoms with van der Waals surface area (Å²) in [4.78, 5) is 27.5. The fraction of sp³-hybridized carbons (Fsp3) is 0.333. The smallest absolute Gasteiger partial charge is 0.243 e. The summed E-state index contributed by atoms with van der Waals surface area (Å²) in [5, 5.41) is 15.3. The fourth-order valence-corrected chi connectivity index (χ4v) is 3.73. The van der Waals surface area contributed by atoms with E-state index in [9.17, 15) is 14.7 Å². The Kier molecular flexibility index (Phi) is 5.73. The van der Waals surface area contributed by atoms with Gasteiger partial charge in [0.1, 0.15) is 6.04 Å². The molecule has 1 saturated heterocycles. The molecule has 3 rings (SSSR count). The molecule has 1 aromatic carbocycles. The van der Waals surface area contributed by atoms with Crippen molar-refractivity contribution in [1.82, 2.24) is 10.2 Å². The summed E-state index contributed by atoms with van der Waals surface area (Å²) in [5.74, 6) is -0.378. The monoisotopic (exact) mass is 378 g/mol. The molecule has 132 valence electrons. The standard InChI is InChI=1S/C18H19ClN2O3S/c19-13-5-3-12(4-6-13)10-20-18(24)16-8-14(22)11-21(16)17(23)9-15-2-1-7-25-15/h1-7,14,16,22H,8-11H2,(H,20,24). The summed E-state index contributed by atoms with van der Waals surface area (Å²) in [7, 11) is 0. The molecule has 1 aliphatic rings. The molecule has 0 spiro atoms. The second kappa shape index (κ2) is 7.99. The molecule has 25 heavy (non-hydrogen) atoms. The number of halogens is 1. The third kappa shape index (κ3) is 4.60. The van der Waals surface area contributed by atoms with Crippen LogP contribution in [-0.2, 0) is 22.6 Å². The van der Waals surface area contributed by atoms with Gasteiger partial charge in [0.2, 0.25) is 11.8 Å². The van der Waals surface area contributed by atoms with Gasteiger partial charge >= 0.3 is 0 Å². The molecule has 0 radical (unpaired) electrons. The second-order valence-electron chi connectivity index (χ2n) is 6.05. The quantitative estimate of drug-likeness (QED) is 0.838. The third-order valence-electron chi connectivity index (χ3n) is 4.19. The van der Waals surface area contributed by atoms with E-state index in [0.29, 0.717) is 11.6 Å². The number of carbonyl (C=O) groups excluding carboxylic acids is 2. The Labute approximate surface area is 155 Å². The Bertz CT molecular complexity index is 733. The number of carbonyl (C=O) groups is 2. The summed E-state index contributed by atoms with van der Waals surface area (Å²) in [6, 6.07) is 10.4. The number of likely N-dealkylation sites (tertiary alicyclic amines) is 1. The van der Waals surface area contributed by atoms with Gasteiger partial charge in [-0.05, 0) is 29.1 Å². The highest BCUT2D eigenvalue weighted by Crippen LogP contribution is 2.21. The normalized spacial score (nSPS) is 19.8. The zero-order valence-electron chi connectivity index (χ0n) is 13.5. The van der Waals surface area contributed by atoms with Crippen molar-refractivity contribution in [2.45, 2.75) is 31.5 Å². The van der Waals surface area contributed by atoms with Gasteiger partial charge in [0.05, 0.1) is 12.5 Å². The molecule has 0 bridgehead atoms. The number of amides is 2. The lowest BCUT2D eigenvalue weighted by Crippen LogP contribution is -2.46. The molecule has 2 atom stereocenters. The number of aliphatic hydroxyl groups excluding tert-OH is 1. The first-order valence-electron chi connectivity index (χ1n) is 8.05. The van der Waals surface area contributed by atoms with Gasteiger partial charge in [-0.3, -0.25) is 9.59 Å². The van der Waals surface area contributed by atoms with Gasteiger partial charge in [0, 0.05) is 29.4 Å². The molecule has 0 saturated carbocycles. The van der Waals surface area contributed by atoms with E-state index in [0.717, 1.165) is 10.4 Å². The second-order valence-corrected chi connectivity index (χ2v) is 7.52. The number of hydrogen-bond acceptors (Lipinski definition) is 4. The molecule has 1 fully saturated rings. The number of aliphatic hydroxyl groups is 1. The molecule has 2 aromatic rings. The van der Waals surface area contributed by atoms with Crippen LogP contribution in [0.2, 0.25) is 5.02 Å². The topological polar surface area (TPSA) is 69.6 Å². The molecule has 0 aliphatic carbocycles. The average Bonchev–Trinajstić information content (AvgIpc) is 3.23. The maximum atomic E-state index is 12.5. The molecule has 2 N–H and O–H groups in total. The first kappa shape index (κ1) is 17.9. The van der Waals surface area contributed by atoms with Gasteiger partial charge in [-0.2, -0.15) is 0 Å². The van der Waals surface area contributed by atoms with Crippen molar-refractivity contribution in [1.29, 1.82) is 0 Å². The highest BCUT2D eigenvalue weighted by Gasteiger charge is 2.38. The Balaban J connectivity index is 1.61. The Hall–Kier alpha value is -1.89. The van der Waals surface area contributed by atoms with Gasteiger partial charge < -0.3 is 15.3 Å². The van der Waals surface area contributed by atoms with Crippen LogP contribution >= 0.6 is 22.9 Å². The van der Waals surface area contributed by atoms with Crippen LogP contribution in [0.1, 0.15) is 16.9 Å².